The molecule has 0 spiro atoms. The molecule has 0 fully saturated rings. The predicted molar refractivity (Wildman–Crippen MR) is 173 cm³/mol. The van der Waals surface area contributed by atoms with Gasteiger partial charge in [0, 0.05) is 19.7 Å². The minimum atomic E-state index is -4.03. The summed E-state index contributed by atoms with van der Waals surface area (Å²) in [5, 5.41) is 12.4. The molecule has 47 heavy (non-hydrogen) atoms. The van der Waals surface area contributed by atoms with E-state index in [4.69, 9.17) is 0 Å². The Morgan fingerprint density at radius 3 is 2.30 bits per heavy atom. The summed E-state index contributed by atoms with van der Waals surface area (Å²) >= 11 is 0. The number of pyridine rings is 1. The van der Waals surface area contributed by atoms with Crippen molar-refractivity contribution < 1.29 is 27.5 Å². The molecule has 0 aliphatic rings. The monoisotopic (exact) mass is 659 g/mol. The van der Waals surface area contributed by atoms with Crippen LogP contribution in [0.2, 0.25) is 0 Å². The quantitative estimate of drug-likeness (QED) is 0.194. The molecule has 5 rings (SSSR count). The van der Waals surface area contributed by atoms with Crippen molar-refractivity contribution in [3.05, 3.63) is 129 Å². The number of hydrogen-bond acceptors (Lipinski definition) is 7. The van der Waals surface area contributed by atoms with E-state index in [-0.39, 0.29) is 28.1 Å². The van der Waals surface area contributed by atoms with Gasteiger partial charge >= 0.3 is 11.7 Å². The summed E-state index contributed by atoms with van der Waals surface area (Å²) in [7, 11) is -2.52. The maximum atomic E-state index is 15.0. The van der Waals surface area contributed by atoms with Crippen LogP contribution in [0.15, 0.2) is 99.7 Å². The Balaban J connectivity index is 1.29. The first-order valence-corrected chi connectivity index (χ1v) is 16.0. The van der Waals surface area contributed by atoms with E-state index >= 15 is 0 Å². The summed E-state index contributed by atoms with van der Waals surface area (Å²) in [5.41, 5.74) is 0.299. The number of rotatable bonds is 11. The molecule has 5 aromatic rings. The lowest BCUT2D eigenvalue weighted by Gasteiger charge is -2.16. The number of carboxylic acids is 1. The molecule has 0 radical (unpaired) electrons. The van der Waals surface area contributed by atoms with E-state index < -0.39 is 50.6 Å². The molecule has 2 heterocycles. The summed E-state index contributed by atoms with van der Waals surface area (Å²) in [5.74, 6) is -3.47. The van der Waals surface area contributed by atoms with Crippen LogP contribution in [-0.4, -0.2) is 45.6 Å². The number of aryl methyl sites for hydroxylation is 2. The van der Waals surface area contributed by atoms with Crippen molar-refractivity contribution in [2.75, 3.05) is 4.72 Å². The van der Waals surface area contributed by atoms with Gasteiger partial charge in [0.2, 0.25) is 0 Å². The maximum Gasteiger partial charge on any atom is 0.335 e. The van der Waals surface area contributed by atoms with Crippen LogP contribution in [0.3, 0.4) is 0 Å². The molecular formula is C33H30FN5O7S. The molecule has 3 N–H and O–H groups in total. The second-order valence-corrected chi connectivity index (χ2v) is 12.5. The van der Waals surface area contributed by atoms with Crippen molar-refractivity contribution in [2.24, 2.45) is 7.05 Å². The normalized spacial score (nSPS) is 12.1. The first-order chi connectivity index (χ1) is 22.4. The van der Waals surface area contributed by atoms with Crippen LogP contribution in [0.4, 0.5) is 10.1 Å². The van der Waals surface area contributed by atoms with E-state index in [1.54, 1.807) is 12.1 Å². The van der Waals surface area contributed by atoms with Crippen molar-refractivity contribution in [3.8, 4) is 5.69 Å². The topological polar surface area (TPSA) is 169 Å². The lowest BCUT2D eigenvalue weighted by molar-refractivity contribution is -0.139. The van der Waals surface area contributed by atoms with Crippen molar-refractivity contribution in [2.45, 2.75) is 37.1 Å². The third-order valence-electron chi connectivity index (χ3n) is 7.55. The van der Waals surface area contributed by atoms with Gasteiger partial charge in [-0.15, -0.1) is 0 Å². The Labute approximate surface area is 268 Å². The number of aromatic nitrogens is 3. The minimum absolute atomic E-state index is 0.0127. The van der Waals surface area contributed by atoms with Crippen molar-refractivity contribution in [1.29, 1.82) is 0 Å². The first-order valence-electron chi connectivity index (χ1n) is 14.5. The standard InChI is InChI=1S/C33H30FN5O7S/c1-3-4-20-7-12-24(13-8-20)47(45,46)37-22-9-14-25(27(34)18-22)30(40)36-28(32(42)43)17-21-5-10-23(11-6-21)39-31(41)26-15-16-35-19-29(26)38(2)33(39)44/h5-16,18-19,28,37H,3-4,17H2,1-2H3,(H,36,40)(H,42,43)/t28-/m0/s1. The van der Waals surface area contributed by atoms with Crippen molar-refractivity contribution in [3.63, 3.8) is 0 Å². The van der Waals surface area contributed by atoms with Gasteiger partial charge in [0.25, 0.3) is 21.5 Å². The summed E-state index contributed by atoms with van der Waals surface area (Å²) in [6.45, 7) is 2.01. The number of carbonyl (C=O) groups is 2. The van der Waals surface area contributed by atoms with Gasteiger partial charge in [-0.2, -0.15) is 0 Å². The van der Waals surface area contributed by atoms with Crippen molar-refractivity contribution in [1.82, 2.24) is 19.4 Å². The fourth-order valence-electron chi connectivity index (χ4n) is 5.08. The molecule has 0 saturated carbocycles. The zero-order valence-corrected chi connectivity index (χ0v) is 26.1. The predicted octanol–water partition coefficient (Wildman–Crippen LogP) is 3.40. The number of carboxylic acid groups (broad SMARTS) is 1. The van der Waals surface area contributed by atoms with E-state index in [9.17, 15) is 37.1 Å². The minimum Gasteiger partial charge on any atom is -0.480 e. The molecule has 1 amide bonds. The lowest BCUT2D eigenvalue weighted by Crippen LogP contribution is -2.42. The largest absolute Gasteiger partial charge is 0.480 e. The number of nitrogens with one attached hydrogen (secondary N) is 2. The number of nitrogens with zero attached hydrogens (tertiary/aromatic N) is 3. The summed E-state index contributed by atoms with van der Waals surface area (Å²) in [6.07, 6.45) is 4.36. The first kappa shape index (κ1) is 32.8. The van der Waals surface area contributed by atoms with Crippen LogP contribution in [-0.2, 0) is 34.7 Å². The molecule has 12 nitrogen and oxygen atoms in total. The van der Waals surface area contributed by atoms with E-state index in [1.165, 1.54) is 72.5 Å². The number of aliphatic carboxylic acids is 1. The van der Waals surface area contributed by atoms with Crippen LogP contribution in [0.1, 0.15) is 34.8 Å². The Kier molecular flexibility index (Phi) is 9.33. The number of hydrogen-bond donors (Lipinski definition) is 3. The van der Waals surface area contributed by atoms with Gasteiger partial charge in [-0.1, -0.05) is 37.6 Å². The van der Waals surface area contributed by atoms with E-state index in [1.807, 2.05) is 6.92 Å². The van der Waals surface area contributed by atoms with Gasteiger partial charge in [0.15, 0.2) is 0 Å². The van der Waals surface area contributed by atoms with Crippen LogP contribution in [0, 0.1) is 5.82 Å². The third-order valence-corrected chi connectivity index (χ3v) is 8.95. The molecule has 14 heteroatoms. The van der Waals surface area contributed by atoms with Crippen LogP contribution in [0.25, 0.3) is 16.6 Å². The molecule has 0 aliphatic carbocycles. The molecule has 3 aromatic carbocycles. The smallest absolute Gasteiger partial charge is 0.335 e. The van der Waals surface area contributed by atoms with Gasteiger partial charge in [-0.3, -0.25) is 23.9 Å². The zero-order chi connectivity index (χ0) is 33.9. The number of sulfonamides is 1. The number of carbonyl (C=O) groups excluding carboxylic acids is 1. The fourth-order valence-corrected chi connectivity index (χ4v) is 6.13. The highest BCUT2D eigenvalue weighted by molar-refractivity contribution is 7.92. The van der Waals surface area contributed by atoms with E-state index in [2.05, 4.69) is 15.0 Å². The average Bonchev–Trinajstić information content (AvgIpc) is 3.04. The second kappa shape index (κ2) is 13.4. The summed E-state index contributed by atoms with van der Waals surface area (Å²) < 4.78 is 45.1. The van der Waals surface area contributed by atoms with Crippen LogP contribution < -0.4 is 21.3 Å². The maximum absolute atomic E-state index is 15.0. The molecule has 0 unspecified atom stereocenters. The zero-order valence-electron chi connectivity index (χ0n) is 25.3. The second-order valence-electron chi connectivity index (χ2n) is 10.8. The van der Waals surface area contributed by atoms with Crippen LogP contribution >= 0.6 is 0 Å². The number of anilines is 1. The van der Waals surface area contributed by atoms with Gasteiger partial charge < -0.3 is 10.4 Å². The molecule has 0 saturated heterocycles. The third kappa shape index (κ3) is 6.97. The van der Waals surface area contributed by atoms with Crippen LogP contribution in [0.5, 0.6) is 0 Å². The van der Waals surface area contributed by atoms with Crippen molar-refractivity contribution >= 4 is 38.5 Å². The Hall–Kier alpha value is -5.63. The molecule has 0 aliphatic heterocycles. The number of benzene rings is 3. The highest BCUT2D eigenvalue weighted by Gasteiger charge is 2.24. The molecule has 2 aromatic heterocycles. The molecule has 242 valence electrons. The van der Waals surface area contributed by atoms with Gasteiger partial charge in [-0.25, -0.2) is 27.0 Å². The highest BCUT2D eigenvalue weighted by atomic mass is 32.2. The van der Waals surface area contributed by atoms with Gasteiger partial charge in [-0.05, 0) is 66.1 Å². The number of amides is 1. The number of halogens is 1. The summed E-state index contributed by atoms with van der Waals surface area (Å²) in [4.78, 5) is 54.8. The molecule has 0 bridgehead atoms. The molecule has 1 atom stereocenters. The lowest BCUT2D eigenvalue weighted by atomic mass is 10.0. The molecular weight excluding hydrogens is 629 g/mol. The van der Waals surface area contributed by atoms with Gasteiger partial charge in [0.05, 0.1) is 38.9 Å². The summed E-state index contributed by atoms with van der Waals surface area (Å²) in [6, 6.07) is 15.4. The number of fused-ring (bicyclic) bond motifs is 1. The van der Waals surface area contributed by atoms with E-state index in [0.29, 0.717) is 11.1 Å². The SMILES string of the molecule is CCCc1ccc(S(=O)(=O)Nc2ccc(C(=O)N[C@@H](Cc3ccc(-n4c(=O)c5ccncc5n(C)c4=O)cc3)C(=O)O)c(F)c2)cc1. The fraction of sp³-hybridized carbons (Fsp3) is 0.182. The van der Waals surface area contributed by atoms with E-state index in [0.717, 1.165) is 35.1 Å². The average molecular weight is 660 g/mol. The highest BCUT2D eigenvalue weighted by Crippen LogP contribution is 2.20. The Bertz CT molecular complexity index is 2210. The Morgan fingerprint density at radius 2 is 1.66 bits per heavy atom. The Morgan fingerprint density at radius 1 is 0.979 bits per heavy atom. The van der Waals surface area contributed by atoms with Gasteiger partial charge in [0.1, 0.15) is 11.9 Å².